The lowest BCUT2D eigenvalue weighted by Crippen LogP contribution is -2.30. The fraction of sp³-hybridized carbons (Fsp3) is 0.714. The molecule has 1 heterocycles. The standard InChI is InChI=1S/C14H24N2O3S2/c1-11-14(8-13(20-11)9-15-2)21(17,18)16(3)6-7-19-10-12-4-5-12/h8,12,15H,4-7,9-10H2,1-3H3. The van der Waals surface area contributed by atoms with E-state index in [1.54, 1.807) is 13.1 Å². The first kappa shape index (κ1) is 16.9. The average Bonchev–Trinajstić information content (AvgIpc) is 3.17. The van der Waals surface area contributed by atoms with E-state index in [1.165, 1.54) is 28.5 Å². The summed E-state index contributed by atoms with van der Waals surface area (Å²) in [6.07, 6.45) is 2.49. The predicted octanol–water partition coefficient (Wildman–Crippen LogP) is 1.82. The van der Waals surface area contributed by atoms with Crippen LogP contribution in [0.2, 0.25) is 0 Å². The molecule has 1 aromatic heterocycles. The fourth-order valence-electron chi connectivity index (χ4n) is 2.06. The van der Waals surface area contributed by atoms with Gasteiger partial charge in [0.2, 0.25) is 10.0 Å². The summed E-state index contributed by atoms with van der Waals surface area (Å²) in [6.45, 7) is 4.16. The van der Waals surface area contributed by atoms with Crippen LogP contribution in [0.15, 0.2) is 11.0 Å². The van der Waals surface area contributed by atoms with E-state index in [1.807, 2.05) is 14.0 Å². The molecule has 7 heteroatoms. The Labute approximate surface area is 131 Å². The third-order valence-electron chi connectivity index (χ3n) is 3.56. The molecule has 5 nitrogen and oxygen atoms in total. The second-order valence-electron chi connectivity index (χ2n) is 5.51. The fourth-order valence-corrected chi connectivity index (χ4v) is 4.82. The van der Waals surface area contributed by atoms with Crippen molar-refractivity contribution in [1.29, 1.82) is 0 Å². The smallest absolute Gasteiger partial charge is 0.244 e. The zero-order valence-electron chi connectivity index (χ0n) is 12.9. The molecule has 2 rings (SSSR count). The summed E-state index contributed by atoms with van der Waals surface area (Å²) in [5.41, 5.74) is 0. The predicted molar refractivity (Wildman–Crippen MR) is 85.2 cm³/mol. The van der Waals surface area contributed by atoms with Gasteiger partial charge in [0.05, 0.1) is 11.5 Å². The third-order valence-corrected chi connectivity index (χ3v) is 6.73. The van der Waals surface area contributed by atoms with E-state index < -0.39 is 10.0 Å². The summed E-state index contributed by atoms with van der Waals surface area (Å²) in [7, 11) is 0.0532. The molecule has 1 aliphatic carbocycles. The molecule has 1 saturated carbocycles. The van der Waals surface area contributed by atoms with Crippen LogP contribution in [0.25, 0.3) is 0 Å². The van der Waals surface area contributed by atoms with Crippen LogP contribution in [0.5, 0.6) is 0 Å². The third kappa shape index (κ3) is 4.50. The number of thiophene rings is 1. The van der Waals surface area contributed by atoms with Crippen molar-refractivity contribution in [3.63, 3.8) is 0 Å². The van der Waals surface area contributed by atoms with E-state index in [0.29, 0.717) is 30.5 Å². The highest BCUT2D eigenvalue weighted by Gasteiger charge is 2.25. The molecule has 21 heavy (non-hydrogen) atoms. The zero-order chi connectivity index (χ0) is 15.5. The van der Waals surface area contributed by atoms with Crippen molar-refractivity contribution >= 4 is 21.4 Å². The van der Waals surface area contributed by atoms with E-state index in [2.05, 4.69) is 5.32 Å². The van der Waals surface area contributed by atoms with Crippen molar-refractivity contribution in [2.24, 2.45) is 5.92 Å². The Bertz CT molecular complexity index is 565. The van der Waals surface area contributed by atoms with Gasteiger partial charge in [-0.2, -0.15) is 4.31 Å². The molecular weight excluding hydrogens is 308 g/mol. The van der Waals surface area contributed by atoms with Gasteiger partial charge in [0, 0.05) is 36.5 Å². The highest BCUT2D eigenvalue weighted by Crippen LogP contribution is 2.29. The van der Waals surface area contributed by atoms with Gasteiger partial charge in [-0.1, -0.05) is 0 Å². The molecule has 0 aliphatic heterocycles. The lowest BCUT2D eigenvalue weighted by Gasteiger charge is -2.17. The van der Waals surface area contributed by atoms with E-state index in [-0.39, 0.29) is 0 Å². The van der Waals surface area contributed by atoms with Crippen molar-refractivity contribution < 1.29 is 13.2 Å². The minimum atomic E-state index is -3.42. The van der Waals surface area contributed by atoms with Crippen LogP contribution >= 0.6 is 11.3 Å². The average molecular weight is 332 g/mol. The second kappa shape index (κ2) is 7.19. The first-order chi connectivity index (χ1) is 9.95. The number of aryl methyl sites for hydroxylation is 1. The molecule has 0 aromatic carbocycles. The Hall–Kier alpha value is -0.470. The Morgan fingerprint density at radius 1 is 1.48 bits per heavy atom. The maximum Gasteiger partial charge on any atom is 0.244 e. The number of nitrogens with one attached hydrogen (secondary N) is 1. The highest BCUT2D eigenvalue weighted by molar-refractivity contribution is 7.89. The Morgan fingerprint density at radius 2 is 2.19 bits per heavy atom. The van der Waals surface area contributed by atoms with Crippen LogP contribution in [0.3, 0.4) is 0 Å². The molecule has 1 aromatic rings. The first-order valence-electron chi connectivity index (χ1n) is 7.23. The van der Waals surface area contributed by atoms with Crippen LogP contribution in [-0.2, 0) is 21.3 Å². The maximum absolute atomic E-state index is 12.6. The molecule has 0 unspecified atom stereocenters. The largest absolute Gasteiger partial charge is 0.380 e. The lowest BCUT2D eigenvalue weighted by atomic mass is 10.4. The Balaban J connectivity index is 1.94. The summed E-state index contributed by atoms with van der Waals surface area (Å²) in [5.74, 6) is 0.704. The Morgan fingerprint density at radius 3 is 2.81 bits per heavy atom. The highest BCUT2D eigenvalue weighted by atomic mass is 32.2. The topological polar surface area (TPSA) is 58.6 Å². The molecule has 0 saturated heterocycles. The van der Waals surface area contributed by atoms with Crippen molar-refractivity contribution in [2.75, 3.05) is 33.9 Å². The summed E-state index contributed by atoms with van der Waals surface area (Å²) < 4.78 is 32.0. The van der Waals surface area contributed by atoms with Crippen molar-refractivity contribution in [3.8, 4) is 0 Å². The lowest BCUT2D eigenvalue weighted by molar-refractivity contribution is 0.117. The van der Waals surface area contributed by atoms with Gasteiger partial charge in [-0.25, -0.2) is 8.42 Å². The second-order valence-corrected chi connectivity index (χ2v) is 8.86. The normalized spacial score (nSPS) is 15.8. The maximum atomic E-state index is 12.6. The summed E-state index contributed by atoms with van der Waals surface area (Å²) >= 11 is 1.52. The number of ether oxygens (including phenoxy) is 1. The molecule has 120 valence electrons. The van der Waals surface area contributed by atoms with Gasteiger partial charge in [-0.05, 0) is 38.8 Å². The van der Waals surface area contributed by atoms with E-state index >= 15 is 0 Å². The molecule has 0 atom stereocenters. The van der Waals surface area contributed by atoms with Crippen LogP contribution in [-0.4, -0.2) is 46.6 Å². The number of hydrogen-bond donors (Lipinski definition) is 1. The molecule has 1 aliphatic rings. The number of sulfonamides is 1. The molecular formula is C14H24N2O3S2. The summed E-state index contributed by atoms with van der Waals surface area (Å²) in [6, 6.07) is 1.77. The van der Waals surface area contributed by atoms with Crippen LogP contribution < -0.4 is 5.32 Å². The molecule has 0 bridgehead atoms. The van der Waals surface area contributed by atoms with Gasteiger partial charge in [0.15, 0.2) is 0 Å². The van der Waals surface area contributed by atoms with E-state index in [9.17, 15) is 8.42 Å². The molecule has 0 amide bonds. The van der Waals surface area contributed by atoms with Gasteiger partial charge in [0.1, 0.15) is 0 Å². The van der Waals surface area contributed by atoms with Crippen molar-refractivity contribution in [2.45, 2.75) is 31.2 Å². The molecule has 0 radical (unpaired) electrons. The minimum absolute atomic E-state index is 0.395. The monoisotopic (exact) mass is 332 g/mol. The molecule has 1 fully saturated rings. The van der Waals surface area contributed by atoms with Gasteiger partial charge in [-0.3, -0.25) is 0 Å². The molecule has 0 spiro atoms. The first-order valence-corrected chi connectivity index (χ1v) is 9.48. The van der Waals surface area contributed by atoms with Gasteiger partial charge in [-0.15, -0.1) is 11.3 Å². The van der Waals surface area contributed by atoms with Crippen LogP contribution in [0.1, 0.15) is 22.6 Å². The zero-order valence-corrected chi connectivity index (χ0v) is 14.5. The summed E-state index contributed by atoms with van der Waals surface area (Å²) in [5, 5.41) is 3.05. The van der Waals surface area contributed by atoms with Crippen LogP contribution in [0.4, 0.5) is 0 Å². The van der Waals surface area contributed by atoms with Crippen molar-refractivity contribution in [1.82, 2.24) is 9.62 Å². The summed E-state index contributed by atoms with van der Waals surface area (Å²) in [4.78, 5) is 2.29. The van der Waals surface area contributed by atoms with Crippen LogP contribution in [0, 0.1) is 12.8 Å². The van der Waals surface area contributed by atoms with Gasteiger partial charge >= 0.3 is 0 Å². The van der Waals surface area contributed by atoms with E-state index in [0.717, 1.165) is 16.4 Å². The SMILES string of the molecule is CNCc1cc(S(=O)(=O)N(C)CCOCC2CC2)c(C)s1. The number of nitrogens with zero attached hydrogens (tertiary/aromatic N) is 1. The van der Waals surface area contributed by atoms with E-state index in [4.69, 9.17) is 4.74 Å². The quantitative estimate of drug-likeness (QED) is 0.701. The number of rotatable bonds is 9. The number of likely N-dealkylation sites (N-methyl/N-ethyl adjacent to an activating group) is 1. The Kier molecular flexibility index (Phi) is 5.79. The minimum Gasteiger partial charge on any atom is -0.380 e. The van der Waals surface area contributed by atoms with Gasteiger partial charge in [0.25, 0.3) is 0 Å². The number of hydrogen-bond acceptors (Lipinski definition) is 5. The van der Waals surface area contributed by atoms with Crippen molar-refractivity contribution in [3.05, 3.63) is 15.8 Å². The molecule has 1 N–H and O–H groups in total. The van der Waals surface area contributed by atoms with Gasteiger partial charge < -0.3 is 10.1 Å².